The van der Waals surface area contributed by atoms with Crippen LogP contribution in [0.4, 0.5) is 0 Å². The fourth-order valence-electron chi connectivity index (χ4n) is 2.25. The molecule has 2 N–H and O–H groups in total. The highest BCUT2D eigenvalue weighted by atomic mass is 32.1. The number of aromatic nitrogens is 1. The average molecular weight is 318 g/mol. The van der Waals surface area contributed by atoms with Gasteiger partial charge < -0.3 is 10.4 Å². The topological polar surface area (TPSA) is 79.3 Å². The summed E-state index contributed by atoms with van der Waals surface area (Å²) in [5, 5.41) is 12.9. The molecule has 1 amide bonds. The molecule has 22 heavy (non-hydrogen) atoms. The van der Waals surface area contributed by atoms with Crippen molar-refractivity contribution < 1.29 is 14.7 Å². The number of carbonyl (C=O) groups is 2. The smallest absolute Gasteiger partial charge is 0.308 e. The van der Waals surface area contributed by atoms with Crippen LogP contribution in [-0.2, 0) is 4.79 Å². The minimum absolute atomic E-state index is 0.287. The highest BCUT2D eigenvalue weighted by Crippen LogP contribution is 2.24. The number of thiazole rings is 1. The summed E-state index contributed by atoms with van der Waals surface area (Å²) in [5.74, 6) is -1.97. The highest BCUT2D eigenvalue weighted by Gasteiger charge is 2.28. The first kappa shape index (κ1) is 16.2. The number of carboxylic acid groups (broad SMARTS) is 1. The molecule has 2 aromatic rings. The summed E-state index contributed by atoms with van der Waals surface area (Å²) in [5.41, 5.74) is 1.43. The van der Waals surface area contributed by atoms with E-state index in [1.165, 1.54) is 11.3 Å². The molecular formula is C16H18N2O3S. The van der Waals surface area contributed by atoms with Crippen molar-refractivity contribution in [3.05, 3.63) is 51.5 Å². The minimum Gasteiger partial charge on any atom is -0.481 e. The van der Waals surface area contributed by atoms with Gasteiger partial charge >= 0.3 is 5.97 Å². The molecule has 0 spiro atoms. The molecule has 6 heteroatoms. The largest absolute Gasteiger partial charge is 0.481 e. The zero-order valence-electron chi connectivity index (χ0n) is 12.7. The molecule has 0 radical (unpaired) electrons. The molecule has 0 aliphatic rings. The Labute approximate surface area is 133 Å². The maximum atomic E-state index is 12.5. The Morgan fingerprint density at radius 2 is 1.86 bits per heavy atom. The van der Waals surface area contributed by atoms with Crippen molar-refractivity contribution in [3.63, 3.8) is 0 Å². The summed E-state index contributed by atoms with van der Waals surface area (Å²) >= 11 is 1.31. The van der Waals surface area contributed by atoms with E-state index in [1.807, 2.05) is 37.3 Å². The molecule has 2 rings (SSSR count). The predicted molar refractivity (Wildman–Crippen MR) is 85.0 cm³/mol. The predicted octanol–water partition coefficient (Wildman–Crippen LogP) is 2.95. The second kappa shape index (κ2) is 6.70. The molecule has 2 atom stereocenters. The summed E-state index contributed by atoms with van der Waals surface area (Å²) in [6.45, 7) is 5.20. The van der Waals surface area contributed by atoms with Crippen molar-refractivity contribution in [2.24, 2.45) is 5.92 Å². The average Bonchev–Trinajstić information content (AvgIpc) is 2.83. The van der Waals surface area contributed by atoms with Gasteiger partial charge in [-0.2, -0.15) is 0 Å². The fourth-order valence-corrected chi connectivity index (χ4v) is 3.07. The lowest BCUT2D eigenvalue weighted by Crippen LogP contribution is -2.35. The van der Waals surface area contributed by atoms with Crippen LogP contribution >= 0.6 is 11.3 Å². The molecule has 116 valence electrons. The molecular weight excluding hydrogens is 300 g/mol. The molecule has 0 saturated carbocycles. The van der Waals surface area contributed by atoms with Crippen molar-refractivity contribution in [1.29, 1.82) is 0 Å². The number of carboxylic acids is 1. The molecule has 0 aliphatic carbocycles. The van der Waals surface area contributed by atoms with Crippen molar-refractivity contribution in [1.82, 2.24) is 10.3 Å². The Balaban J connectivity index is 2.29. The maximum Gasteiger partial charge on any atom is 0.308 e. The number of nitrogens with zero attached hydrogens (tertiary/aromatic N) is 1. The third-order valence-corrected chi connectivity index (χ3v) is 4.52. The van der Waals surface area contributed by atoms with E-state index < -0.39 is 17.9 Å². The number of aliphatic carboxylic acids is 1. The van der Waals surface area contributed by atoms with Crippen LogP contribution in [0.15, 0.2) is 30.3 Å². The molecule has 0 aliphatic heterocycles. The first-order chi connectivity index (χ1) is 10.4. The number of hydrogen-bond donors (Lipinski definition) is 2. The normalized spacial score (nSPS) is 13.4. The van der Waals surface area contributed by atoms with Crippen LogP contribution in [0.2, 0.25) is 0 Å². The number of rotatable bonds is 5. The molecule has 5 nitrogen and oxygen atoms in total. The lowest BCUT2D eigenvalue weighted by molar-refractivity contribution is -0.142. The third kappa shape index (κ3) is 3.51. The second-order valence-corrected chi connectivity index (χ2v) is 6.34. The van der Waals surface area contributed by atoms with E-state index in [0.717, 1.165) is 10.6 Å². The number of benzene rings is 1. The molecule has 1 aromatic carbocycles. The zero-order chi connectivity index (χ0) is 16.3. The maximum absolute atomic E-state index is 12.5. The van der Waals surface area contributed by atoms with Gasteiger partial charge in [0.15, 0.2) is 0 Å². The number of hydrogen-bond acceptors (Lipinski definition) is 4. The van der Waals surface area contributed by atoms with Gasteiger partial charge in [-0.25, -0.2) is 4.98 Å². The van der Waals surface area contributed by atoms with Gasteiger partial charge in [0.05, 0.1) is 22.7 Å². The molecule has 1 aromatic heterocycles. The van der Waals surface area contributed by atoms with Gasteiger partial charge in [0, 0.05) is 0 Å². The van der Waals surface area contributed by atoms with E-state index >= 15 is 0 Å². The van der Waals surface area contributed by atoms with Crippen LogP contribution in [0.25, 0.3) is 0 Å². The Hall–Kier alpha value is -2.21. The Morgan fingerprint density at radius 3 is 2.36 bits per heavy atom. The van der Waals surface area contributed by atoms with Crippen LogP contribution < -0.4 is 5.32 Å². The van der Waals surface area contributed by atoms with Gasteiger partial charge in [-0.05, 0) is 26.3 Å². The van der Waals surface area contributed by atoms with Crippen molar-refractivity contribution in [2.45, 2.75) is 26.8 Å². The molecule has 0 bridgehead atoms. The van der Waals surface area contributed by atoms with E-state index in [-0.39, 0.29) is 5.91 Å². The number of nitrogens with one attached hydrogen (secondary N) is 1. The second-order valence-electron chi connectivity index (χ2n) is 5.14. The van der Waals surface area contributed by atoms with Gasteiger partial charge in [-0.3, -0.25) is 9.59 Å². The number of carbonyl (C=O) groups excluding carboxylic acids is 1. The lowest BCUT2D eigenvalue weighted by atomic mass is 9.94. The lowest BCUT2D eigenvalue weighted by Gasteiger charge is -2.22. The molecule has 0 saturated heterocycles. The van der Waals surface area contributed by atoms with Crippen LogP contribution in [-0.4, -0.2) is 22.0 Å². The third-order valence-electron chi connectivity index (χ3n) is 3.44. The van der Waals surface area contributed by atoms with Crippen LogP contribution in [0, 0.1) is 19.8 Å². The standard InChI is InChI=1S/C16H18N2O3S/c1-9(16(20)21)13(12-7-5-4-6-8-12)18-15(19)14-10(2)17-11(3)22-14/h4-9,13H,1-3H3,(H,18,19)(H,20,21). The number of amides is 1. The first-order valence-corrected chi connectivity index (χ1v) is 7.74. The van der Waals surface area contributed by atoms with Crippen molar-refractivity contribution in [3.8, 4) is 0 Å². The highest BCUT2D eigenvalue weighted by molar-refractivity contribution is 7.13. The van der Waals surface area contributed by atoms with Crippen LogP contribution in [0.1, 0.15) is 38.9 Å². The fraction of sp³-hybridized carbons (Fsp3) is 0.312. The Kier molecular flexibility index (Phi) is 4.92. The van der Waals surface area contributed by atoms with Gasteiger partial charge in [-0.15, -0.1) is 11.3 Å². The van der Waals surface area contributed by atoms with Gasteiger partial charge in [-0.1, -0.05) is 30.3 Å². The van der Waals surface area contributed by atoms with E-state index in [1.54, 1.807) is 13.8 Å². The van der Waals surface area contributed by atoms with Gasteiger partial charge in [0.1, 0.15) is 4.88 Å². The van der Waals surface area contributed by atoms with Crippen molar-refractivity contribution >= 4 is 23.2 Å². The molecule has 2 unspecified atom stereocenters. The van der Waals surface area contributed by atoms with E-state index in [0.29, 0.717) is 10.6 Å². The summed E-state index contributed by atoms with van der Waals surface area (Å²) in [6, 6.07) is 8.54. The molecule has 1 heterocycles. The molecule has 0 fully saturated rings. The SMILES string of the molecule is Cc1nc(C)c(C(=O)NC(c2ccccc2)C(C)C(=O)O)s1. The minimum atomic E-state index is -0.952. The van der Waals surface area contributed by atoms with E-state index in [2.05, 4.69) is 10.3 Å². The Morgan fingerprint density at radius 1 is 1.23 bits per heavy atom. The summed E-state index contributed by atoms with van der Waals surface area (Å²) < 4.78 is 0. The summed E-state index contributed by atoms with van der Waals surface area (Å²) in [4.78, 5) is 28.6. The first-order valence-electron chi connectivity index (χ1n) is 6.92. The summed E-state index contributed by atoms with van der Waals surface area (Å²) in [7, 11) is 0. The Bertz CT molecular complexity index is 682. The zero-order valence-corrected chi connectivity index (χ0v) is 13.5. The summed E-state index contributed by atoms with van der Waals surface area (Å²) in [6.07, 6.45) is 0. The number of aryl methyl sites for hydroxylation is 2. The van der Waals surface area contributed by atoms with Gasteiger partial charge in [0.2, 0.25) is 0 Å². The van der Waals surface area contributed by atoms with E-state index in [4.69, 9.17) is 0 Å². The van der Waals surface area contributed by atoms with E-state index in [9.17, 15) is 14.7 Å². The van der Waals surface area contributed by atoms with Crippen LogP contribution in [0.3, 0.4) is 0 Å². The van der Waals surface area contributed by atoms with Crippen molar-refractivity contribution in [2.75, 3.05) is 0 Å². The van der Waals surface area contributed by atoms with Crippen LogP contribution in [0.5, 0.6) is 0 Å². The quantitative estimate of drug-likeness (QED) is 0.888. The monoisotopic (exact) mass is 318 g/mol. The van der Waals surface area contributed by atoms with Gasteiger partial charge in [0.25, 0.3) is 5.91 Å².